The second-order valence-electron chi connectivity index (χ2n) is 3.90. The summed E-state index contributed by atoms with van der Waals surface area (Å²) in [5.41, 5.74) is 7.45. The number of rotatable bonds is 4. The van der Waals surface area contributed by atoms with Crippen molar-refractivity contribution in [1.29, 1.82) is 0 Å². The molecule has 1 aromatic rings. The van der Waals surface area contributed by atoms with Gasteiger partial charge in [0.15, 0.2) is 0 Å². The molecule has 0 bridgehead atoms. The van der Waals surface area contributed by atoms with Crippen molar-refractivity contribution in [3.63, 3.8) is 0 Å². The van der Waals surface area contributed by atoms with Gasteiger partial charge in [-0.1, -0.05) is 0 Å². The van der Waals surface area contributed by atoms with E-state index in [4.69, 9.17) is 19.9 Å². The van der Waals surface area contributed by atoms with Gasteiger partial charge >= 0.3 is 0 Å². The molecular weight excluding hydrogens is 220 g/mol. The molecule has 1 unspecified atom stereocenters. The van der Waals surface area contributed by atoms with Crippen molar-refractivity contribution < 1.29 is 14.2 Å². The van der Waals surface area contributed by atoms with Gasteiger partial charge in [0.05, 0.1) is 44.4 Å². The Morgan fingerprint density at radius 1 is 1.47 bits per heavy atom. The Morgan fingerprint density at radius 2 is 2.35 bits per heavy atom. The highest BCUT2D eigenvalue weighted by Crippen LogP contribution is 2.24. The number of ether oxygens (including phenoxy) is 3. The maximum atomic E-state index is 5.90. The maximum Gasteiger partial charge on any atom is 0.121 e. The zero-order valence-corrected chi connectivity index (χ0v) is 9.94. The van der Waals surface area contributed by atoms with Crippen molar-refractivity contribution in [2.75, 3.05) is 44.5 Å². The fourth-order valence-corrected chi connectivity index (χ4v) is 1.71. The largest absolute Gasteiger partial charge is 0.497 e. The van der Waals surface area contributed by atoms with E-state index in [0.29, 0.717) is 32.1 Å². The topological polar surface area (TPSA) is 65.7 Å². The minimum absolute atomic E-state index is 0.0882. The van der Waals surface area contributed by atoms with Gasteiger partial charge in [-0.3, -0.25) is 0 Å². The molecule has 3 N–H and O–H groups in total. The van der Waals surface area contributed by atoms with Crippen LogP contribution in [0.1, 0.15) is 0 Å². The first kappa shape index (κ1) is 12.0. The van der Waals surface area contributed by atoms with Gasteiger partial charge in [-0.25, -0.2) is 0 Å². The molecule has 5 nitrogen and oxygen atoms in total. The van der Waals surface area contributed by atoms with Gasteiger partial charge in [0.2, 0.25) is 0 Å². The number of nitrogens with one attached hydrogen (secondary N) is 1. The summed E-state index contributed by atoms with van der Waals surface area (Å²) in [6.07, 6.45) is 0.0882. The van der Waals surface area contributed by atoms with E-state index in [2.05, 4.69) is 5.32 Å². The van der Waals surface area contributed by atoms with Crippen LogP contribution in [0.3, 0.4) is 0 Å². The molecule has 2 rings (SSSR count). The van der Waals surface area contributed by atoms with Crippen LogP contribution in [0.2, 0.25) is 0 Å². The highest BCUT2D eigenvalue weighted by Gasteiger charge is 2.14. The standard InChI is InChI=1S/C12H18N2O3/c1-15-9-2-3-12(11(13)6-9)14-7-10-8-16-4-5-17-10/h2-3,6,10,14H,4-5,7-8,13H2,1H3. The molecule has 17 heavy (non-hydrogen) atoms. The lowest BCUT2D eigenvalue weighted by Gasteiger charge is -2.23. The summed E-state index contributed by atoms with van der Waals surface area (Å²) >= 11 is 0. The fraction of sp³-hybridized carbons (Fsp3) is 0.500. The molecule has 94 valence electrons. The molecule has 0 radical (unpaired) electrons. The van der Waals surface area contributed by atoms with Gasteiger partial charge in [0.25, 0.3) is 0 Å². The van der Waals surface area contributed by atoms with Gasteiger partial charge in [-0.2, -0.15) is 0 Å². The number of methoxy groups -OCH3 is 1. The summed E-state index contributed by atoms with van der Waals surface area (Å²) < 4.78 is 15.9. The second kappa shape index (κ2) is 5.75. The summed E-state index contributed by atoms with van der Waals surface area (Å²) in [5.74, 6) is 0.755. The molecule has 5 heteroatoms. The summed E-state index contributed by atoms with van der Waals surface area (Å²) in [6, 6.07) is 5.56. The number of hydrogen-bond donors (Lipinski definition) is 2. The molecule has 1 fully saturated rings. The first-order valence-electron chi connectivity index (χ1n) is 5.66. The lowest BCUT2D eigenvalue weighted by Crippen LogP contribution is -2.34. The quantitative estimate of drug-likeness (QED) is 0.769. The SMILES string of the molecule is COc1ccc(NCC2COCCO2)c(N)c1. The molecule has 1 aromatic carbocycles. The monoisotopic (exact) mass is 238 g/mol. The van der Waals surface area contributed by atoms with Crippen LogP contribution in [0.15, 0.2) is 18.2 Å². The number of nitrogen functional groups attached to an aromatic ring is 1. The van der Waals surface area contributed by atoms with E-state index in [1.807, 2.05) is 12.1 Å². The summed E-state index contributed by atoms with van der Waals surface area (Å²) in [7, 11) is 1.62. The van der Waals surface area contributed by atoms with Gasteiger partial charge in [0, 0.05) is 12.6 Å². The maximum absolute atomic E-state index is 5.90. The van der Waals surface area contributed by atoms with Crippen LogP contribution in [-0.4, -0.2) is 39.6 Å². The smallest absolute Gasteiger partial charge is 0.121 e. The number of anilines is 2. The average molecular weight is 238 g/mol. The molecule has 0 spiro atoms. The van der Waals surface area contributed by atoms with E-state index in [1.165, 1.54) is 0 Å². The van der Waals surface area contributed by atoms with Crippen LogP contribution in [-0.2, 0) is 9.47 Å². The third-order valence-corrected chi connectivity index (χ3v) is 2.66. The Morgan fingerprint density at radius 3 is 3.00 bits per heavy atom. The number of hydrogen-bond acceptors (Lipinski definition) is 5. The van der Waals surface area contributed by atoms with E-state index < -0.39 is 0 Å². The normalized spacial score (nSPS) is 19.9. The van der Waals surface area contributed by atoms with Crippen LogP contribution < -0.4 is 15.8 Å². The Balaban J connectivity index is 1.89. The van der Waals surface area contributed by atoms with Crippen molar-refractivity contribution in [3.8, 4) is 5.75 Å². The highest BCUT2D eigenvalue weighted by atomic mass is 16.6. The lowest BCUT2D eigenvalue weighted by atomic mass is 10.2. The highest BCUT2D eigenvalue weighted by molar-refractivity contribution is 5.68. The van der Waals surface area contributed by atoms with Gasteiger partial charge in [0.1, 0.15) is 5.75 Å². The molecule has 1 atom stereocenters. The van der Waals surface area contributed by atoms with Crippen molar-refractivity contribution in [2.24, 2.45) is 0 Å². The zero-order chi connectivity index (χ0) is 12.1. The van der Waals surface area contributed by atoms with Crippen LogP contribution in [0.5, 0.6) is 5.75 Å². The van der Waals surface area contributed by atoms with Crippen LogP contribution >= 0.6 is 0 Å². The van der Waals surface area contributed by atoms with E-state index >= 15 is 0 Å². The molecular formula is C12H18N2O3. The first-order chi connectivity index (χ1) is 8.29. The Kier molecular flexibility index (Phi) is 4.06. The molecule has 0 saturated carbocycles. The van der Waals surface area contributed by atoms with Crippen molar-refractivity contribution in [1.82, 2.24) is 0 Å². The van der Waals surface area contributed by atoms with E-state index in [-0.39, 0.29) is 6.10 Å². The molecule has 0 aliphatic carbocycles. The predicted molar refractivity (Wildman–Crippen MR) is 66.5 cm³/mol. The lowest BCUT2D eigenvalue weighted by molar-refractivity contribution is -0.0818. The van der Waals surface area contributed by atoms with E-state index in [9.17, 15) is 0 Å². The van der Waals surface area contributed by atoms with Crippen LogP contribution in [0.25, 0.3) is 0 Å². The van der Waals surface area contributed by atoms with Crippen LogP contribution in [0, 0.1) is 0 Å². The average Bonchev–Trinajstić information content (AvgIpc) is 2.38. The summed E-state index contributed by atoms with van der Waals surface area (Å²) in [4.78, 5) is 0. The van der Waals surface area contributed by atoms with Crippen molar-refractivity contribution in [2.45, 2.75) is 6.10 Å². The third-order valence-electron chi connectivity index (χ3n) is 2.66. The Hall–Kier alpha value is -1.46. The van der Waals surface area contributed by atoms with E-state index in [1.54, 1.807) is 13.2 Å². The molecule has 0 aromatic heterocycles. The number of nitrogens with two attached hydrogens (primary N) is 1. The molecule has 0 amide bonds. The van der Waals surface area contributed by atoms with Crippen LogP contribution in [0.4, 0.5) is 11.4 Å². The van der Waals surface area contributed by atoms with E-state index in [0.717, 1.165) is 11.4 Å². The third kappa shape index (κ3) is 3.25. The minimum atomic E-state index is 0.0882. The Bertz CT molecular complexity index is 365. The molecule has 1 saturated heterocycles. The van der Waals surface area contributed by atoms with Crippen molar-refractivity contribution in [3.05, 3.63) is 18.2 Å². The molecule has 1 aliphatic rings. The predicted octanol–water partition coefficient (Wildman–Crippen LogP) is 1.10. The van der Waals surface area contributed by atoms with Crippen molar-refractivity contribution >= 4 is 11.4 Å². The second-order valence-corrected chi connectivity index (χ2v) is 3.90. The molecule has 1 aliphatic heterocycles. The summed E-state index contributed by atoms with van der Waals surface area (Å²) in [6.45, 7) is 2.66. The number of benzene rings is 1. The minimum Gasteiger partial charge on any atom is -0.497 e. The van der Waals surface area contributed by atoms with Gasteiger partial charge < -0.3 is 25.3 Å². The Labute approximate surface area is 101 Å². The summed E-state index contributed by atoms with van der Waals surface area (Å²) in [5, 5.41) is 3.25. The van der Waals surface area contributed by atoms with Gasteiger partial charge in [-0.05, 0) is 12.1 Å². The molecule has 1 heterocycles. The zero-order valence-electron chi connectivity index (χ0n) is 9.94. The van der Waals surface area contributed by atoms with Gasteiger partial charge in [-0.15, -0.1) is 0 Å². The first-order valence-corrected chi connectivity index (χ1v) is 5.66. The fourth-order valence-electron chi connectivity index (χ4n) is 1.71.